The normalized spacial score (nSPS) is 10.0. The molecule has 0 heterocycles. The summed E-state index contributed by atoms with van der Waals surface area (Å²) in [4.78, 5) is 22.2. The number of ether oxygens (including phenoxy) is 1. The second-order valence-corrected chi connectivity index (χ2v) is 3.84. The number of carbonyl (C=O) groups is 2. The molecule has 0 saturated carbocycles. The third-order valence-electron chi connectivity index (χ3n) is 2.22. The van der Waals surface area contributed by atoms with Crippen molar-refractivity contribution in [3.63, 3.8) is 0 Å². The Labute approximate surface area is 107 Å². The number of amides is 2. The Morgan fingerprint density at radius 1 is 1.11 bits per heavy atom. The van der Waals surface area contributed by atoms with Crippen molar-refractivity contribution in [1.29, 1.82) is 0 Å². The van der Waals surface area contributed by atoms with Crippen LogP contribution in [0, 0.1) is 0 Å². The van der Waals surface area contributed by atoms with Crippen LogP contribution in [0.15, 0.2) is 24.3 Å². The average molecular weight is 250 g/mol. The molecule has 1 aromatic carbocycles. The minimum absolute atomic E-state index is 0.206. The van der Waals surface area contributed by atoms with Crippen LogP contribution in [0.2, 0.25) is 0 Å². The third-order valence-corrected chi connectivity index (χ3v) is 2.22. The highest BCUT2D eigenvalue weighted by molar-refractivity contribution is 5.76. The van der Waals surface area contributed by atoms with E-state index in [-0.39, 0.29) is 11.8 Å². The van der Waals surface area contributed by atoms with E-state index in [1.165, 1.54) is 13.8 Å². The molecule has 18 heavy (non-hydrogen) atoms. The van der Waals surface area contributed by atoms with Crippen LogP contribution in [-0.4, -0.2) is 18.4 Å². The van der Waals surface area contributed by atoms with Crippen molar-refractivity contribution in [2.24, 2.45) is 0 Å². The number of carbonyl (C=O) groups excluding carboxylic acids is 2. The number of hydrogen-bond donors (Lipinski definition) is 2. The van der Waals surface area contributed by atoms with E-state index in [2.05, 4.69) is 10.6 Å². The molecule has 0 saturated heterocycles. The molecule has 0 atom stereocenters. The van der Waals surface area contributed by atoms with Gasteiger partial charge in [0.15, 0.2) is 0 Å². The number of nitrogens with one attached hydrogen (secondary N) is 2. The molecule has 5 heteroatoms. The van der Waals surface area contributed by atoms with Crippen molar-refractivity contribution < 1.29 is 14.3 Å². The highest BCUT2D eigenvalue weighted by Crippen LogP contribution is 2.16. The second-order valence-electron chi connectivity index (χ2n) is 3.84. The maximum Gasteiger partial charge on any atom is 0.218 e. The van der Waals surface area contributed by atoms with Gasteiger partial charge in [-0.3, -0.25) is 9.59 Å². The molecular weight excluding hydrogens is 232 g/mol. The minimum Gasteiger partial charge on any atom is -0.494 e. The van der Waals surface area contributed by atoms with Crippen molar-refractivity contribution in [1.82, 2.24) is 10.6 Å². The highest BCUT2D eigenvalue weighted by Gasteiger charge is 2.13. The Morgan fingerprint density at radius 2 is 1.61 bits per heavy atom. The predicted molar refractivity (Wildman–Crippen MR) is 68.0 cm³/mol. The molecule has 1 rings (SSSR count). The van der Waals surface area contributed by atoms with Gasteiger partial charge in [0.2, 0.25) is 11.8 Å². The van der Waals surface area contributed by atoms with Crippen molar-refractivity contribution in [2.75, 3.05) is 6.61 Å². The minimum atomic E-state index is -0.518. The fraction of sp³-hybridized carbons (Fsp3) is 0.385. The van der Waals surface area contributed by atoms with E-state index < -0.39 is 6.17 Å². The monoisotopic (exact) mass is 250 g/mol. The fourth-order valence-corrected chi connectivity index (χ4v) is 1.53. The van der Waals surface area contributed by atoms with Crippen LogP contribution in [0.5, 0.6) is 5.75 Å². The van der Waals surface area contributed by atoms with E-state index in [0.717, 1.165) is 11.3 Å². The lowest BCUT2D eigenvalue weighted by Crippen LogP contribution is -2.39. The number of hydrogen-bond acceptors (Lipinski definition) is 3. The van der Waals surface area contributed by atoms with Crippen molar-refractivity contribution >= 4 is 11.8 Å². The average Bonchev–Trinajstić information content (AvgIpc) is 2.28. The second kappa shape index (κ2) is 6.64. The Morgan fingerprint density at radius 3 is 2.00 bits per heavy atom. The molecule has 5 nitrogen and oxygen atoms in total. The van der Waals surface area contributed by atoms with Crippen LogP contribution < -0.4 is 15.4 Å². The SMILES string of the molecule is CCOc1ccc(C(NC(C)=O)NC(C)=O)cc1. The molecule has 0 bridgehead atoms. The summed E-state index contributed by atoms with van der Waals surface area (Å²) in [6, 6.07) is 7.22. The van der Waals surface area contributed by atoms with Crippen molar-refractivity contribution in [2.45, 2.75) is 26.9 Å². The van der Waals surface area contributed by atoms with Crippen LogP contribution in [0.25, 0.3) is 0 Å². The number of rotatable bonds is 5. The molecule has 1 aromatic rings. The van der Waals surface area contributed by atoms with Gasteiger partial charge in [0, 0.05) is 13.8 Å². The van der Waals surface area contributed by atoms with Gasteiger partial charge in [-0.2, -0.15) is 0 Å². The zero-order valence-electron chi connectivity index (χ0n) is 10.8. The van der Waals surface area contributed by atoms with E-state index in [4.69, 9.17) is 4.74 Å². The summed E-state index contributed by atoms with van der Waals surface area (Å²) in [5.41, 5.74) is 0.795. The molecule has 2 N–H and O–H groups in total. The Hall–Kier alpha value is -2.04. The third kappa shape index (κ3) is 4.45. The first-order valence-corrected chi connectivity index (χ1v) is 5.80. The molecule has 0 aromatic heterocycles. The first-order chi connectivity index (χ1) is 8.52. The molecule has 0 unspecified atom stereocenters. The standard InChI is InChI=1S/C13H18N2O3/c1-4-18-12-7-5-11(6-8-12)13(14-9(2)16)15-10(3)17/h5-8,13H,4H2,1-3H3,(H,14,16)(H,15,17). The zero-order chi connectivity index (χ0) is 13.5. The zero-order valence-corrected chi connectivity index (χ0v) is 10.8. The summed E-state index contributed by atoms with van der Waals surface area (Å²) < 4.78 is 5.33. The van der Waals surface area contributed by atoms with Gasteiger partial charge in [-0.25, -0.2) is 0 Å². The molecule has 0 aliphatic rings. The van der Waals surface area contributed by atoms with E-state index >= 15 is 0 Å². The molecule has 0 aliphatic carbocycles. The van der Waals surface area contributed by atoms with Gasteiger partial charge in [-0.15, -0.1) is 0 Å². The molecule has 98 valence electrons. The highest BCUT2D eigenvalue weighted by atomic mass is 16.5. The van der Waals surface area contributed by atoms with Crippen molar-refractivity contribution in [3.05, 3.63) is 29.8 Å². The van der Waals surface area contributed by atoms with E-state index in [1.807, 2.05) is 19.1 Å². The topological polar surface area (TPSA) is 67.4 Å². The van der Waals surface area contributed by atoms with Crippen LogP contribution in [-0.2, 0) is 9.59 Å². The van der Waals surface area contributed by atoms with Gasteiger partial charge in [-0.1, -0.05) is 12.1 Å². The first kappa shape index (κ1) is 14.0. The molecule has 0 spiro atoms. The smallest absolute Gasteiger partial charge is 0.218 e. The summed E-state index contributed by atoms with van der Waals surface area (Å²) >= 11 is 0. The summed E-state index contributed by atoms with van der Waals surface area (Å²) in [5, 5.41) is 5.33. The van der Waals surface area contributed by atoms with Gasteiger partial charge in [0.25, 0.3) is 0 Å². The predicted octanol–water partition coefficient (Wildman–Crippen LogP) is 1.36. The Bertz CT molecular complexity index is 399. The lowest BCUT2D eigenvalue weighted by atomic mass is 10.1. The maximum atomic E-state index is 11.1. The molecule has 0 radical (unpaired) electrons. The Kier molecular flexibility index (Phi) is 5.17. The van der Waals surface area contributed by atoms with Gasteiger partial charge < -0.3 is 15.4 Å². The first-order valence-electron chi connectivity index (χ1n) is 5.80. The van der Waals surface area contributed by atoms with E-state index in [0.29, 0.717) is 6.61 Å². The van der Waals surface area contributed by atoms with Crippen LogP contribution in [0.3, 0.4) is 0 Å². The Balaban J connectivity index is 2.83. The van der Waals surface area contributed by atoms with Crippen molar-refractivity contribution in [3.8, 4) is 5.75 Å². The van der Waals surface area contributed by atoms with Gasteiger partial charge >= 0.3 is 0 Å². The number of benzene rings is 1. The van der Waals surface area contributed by atoms with Crippen LogP contribution >= 0.6 is 0 Å². The van der Waals surface area contributed by atoms with Gasteiger partial charge in [0.1, 0.15) is 11.9 Å². The lowest BCUT2D eigenvalue weighted by molar-refractivity contribution is -0.122. The molecule has 0 aliphatic heterocycles. The summed E-state index contributed by atoms with van der Waals surface area (Å²) in [6.45, 7) is 5.32. The summed E-state index contributed by atoms with van der Waals surface area (Å²) in [7, 11) is 0. The fourth-order valence-electron chi connectivity index (χ4n) is 1.53. The molecular formula is C13H18N2O3. The maximum absolute atomic E-state index is 11.1. The summed E-state index contributed by atoms with van der Waals surface area (Å²) in [6.07, 6.45) is -0.518. The van der Waals surface area contributed by atoms with Crippen LogP contribution in [0.1, 0.15) is 32.5 Å². The summed E-state index contributed by atoms with van der Waals surface area (Å²) in [5.74, 6) is 0.343. The van der Waals surface area contributed by atoms with E-state index in [9.17, 15) is 9.59 Å². The van der Waals surface area contributed by atoms with Crippen LogP contribution in [0.4, 0.5) is 0 Å². The molecule has 2 amide bonds. The molecule has 0 fully saturated rings. The van der Waals surface area contributed by atoms with Gasteiger partial charge in [0.05, 0.1) is 6.61 Å². The quantitative estimate of drug-likeness (QED) is 0.775. The van der Waals surface area contributed by atoms with E-state index in [1.54, 1.807) is 12.1 Å². The largest absolute Gasteiger partial charge is 0.494 e. The lowest BCUT2D eigenvalue weighted by Gasteiger charge is -2.19. The van der Waals surface area contributed by atoms with Gasteiger partial charge in [-0.05, 0) is 24.6 Å².